The number of benzene rings is 1. The van der Waals surface area contributed by atoms with Crippen molar-refractivity contribution in [3.05, 3.63) is 35.9 Å². The molecule has 1 aromatic carbocycles. The van der Waals surface area contributed by atoms with Gasteiger partial charge in [0.1, 0.15) is 0 Å². The number of carbonyl (C=O) groups excluding carboxylic acids is 1. The average molecular weight is 344 g/mol. The summed E-state index contributed by atoms with van der Waals surface area (Å²) in [6.45, 7) is 3.51. The largest absolute Gasteiger partial charge is 0.389 e. The highest BCUT2D eigenvalue weighted by Gasteiger charge is 2.22. The fourth-order valence-electron chi connectivity index (χ4n) is 1.85. The van der Waals surface area contributed by atoms with Crippen LogP contribution >= 0.6 is 0 Å². The minimum absolute atomic E-state index is 0.0355. The molecule has 1 amide bonds. The van der Waals surface area contributed by atoms with E-state index in [-0.39, 0.29) is 24.7 Å². The first kappa shape index (κ1) is 19.6. The molecule has 2 atom stereocenters. The normalized spacial score (nSPS) is 14.2. The Bertz CT molecular complexity index is 577. The number of ether oxygens (including phenoxy) is 1. The van der Waals surface area contributed by atoms with Gasteiger partial charge in [-0.1, -0.05) is 18.2 Å². The fraction of sp³-hybridized carbons (Fsp3) is 0.533. The highest BCUT2D eigenvalue weighted by Crippen LogP contribution is 2.02. The second-order valence-corrected chi connectivity index (χ2v) is 6.98. The molecule has 8 heteroatoms. The predicted molar refractivity (Wildman–Crippen MR) is 87.7 cm³/mol. The molecule has 7 nitrogen and oxygen atoms in total. The quantitative estimate of drug-likeness (QED) is 0.559. The minimum Gasteiger partial charge on any atom is -0.389 e. The summed E-state index contributed by atoms with van der Waals surface area (Å²) in [7, 11) is -3.37. The molecular weight excluding hydrogens is 320 g/mol. The highest BCUT2D eigenvalue weighted by atomic mass is 32.2. The molecular formula is C15H24N2O5S. The van der Waals surface area contributed by atoms with Gasteiger partial charge in [-0.05, 0) is 26.0 Å². The van der Waals surface area contributed by atoms with E-state index in [1.54, 1.807) is 37.3 Å². The molecule has 0 aliphatic heterocycles. The lowest BCUT2D eigenvalue weighted by Crippen LogP contribution is -2.46. The SMILES string of the molecule is CCO[C@H](CNS(=O)(=O)CC)[C@@H](O)CNC(=O)c1ccccc1. The molecule has 1 rings (SSSR count). The molecule has 23 heavy (non-hydrogen) atoms. The first-order valence-electron chi connectivity index (χ1n) is 7.49. The number of nitrogens with one attached hydrogen (secondary N) is 2. The summed E-state index contributed by atoms with van der Waals surface area (Å²) >= 11 is 0. The van der Waals surface area contributed by atoms with Crippen molar-refractivity contribution in [2.45, 2.75) is 26.1 Å². The summed E-state index contributed by atoms with van der Waals surface area (Å²) in [5, 5.41) is 12.7. The van der Waals surface area contributed by atoms with Crippen LogP contribution in [0.25, 0.3) is 0 Å². The lowest BCUT2D eigenvalue weighted by Gasteiger charge is -2.23. The third-order valence-corrected chi connectivity index (χ3v) is 4.57. The minimum atomic E-state index is -3.37. The number of carbonyl (C=O) groups is 1. The predicted octanol–water partition coefficient (Wildman–Crippen LogP) is 0.122. The number of aliphatic hydroxyl groups is 1. The summed E-state index contributed by atoms with van der Waals surface area (Å²) in [6, 6.07) is 8.62. The second-order valence-electron chi connectivity index (χ2n) is 4.89. The van der Waals surface area contributed by atoms with Crippen molar-refractivity contribution in [2.75, 3.05) is 25.4 Å². The van der Waals surface area contributed by atoms with Gasteiger partial charge in [0.05, 0.1) is 18.0 Å². The number of amides is 1. The maximum Gasteiger partial charge on any atom is 0.251 e. The fourth-order valence-corrected chi connectivity index (χ4v) is 2.47. The summed E-state index contributed by atoms with van der Waals surface area (Å²) < 4.78 is 30.6. The summed E-state index contributed by atoms with van der Waals surface area (Å²) in [5.74, 6) is -0.360. The van der Waals surface area contributed by atoms with Crippen molar-refractivity contribution in [1.82, 2.24) is 10.0 Å². The van der Waals surface area contributed by atoms with Crippen LogP contribution in [0.15, 0.2) is 30.3 Å². The molecule has 0 aromatic heterocycles. The van der Waals surface area contributed by atoms with Crippen LogP contribution < -0.4 is 10.0 Å². The van der Waals surface area contributed by atoms with Crippen molar-refractivity contribution >= 4 is 15.9 Å². The molecule has 0 aliphatic carbocycles. The lowest BCUT2D eigenvalue weighted by molar-refractivity contribution is -0.0269. The van der Waals surface area contributed by atoms with Gasteiger partial charge in [0.2, 0.25) is 10.0 Å². The van der Waals surface area contributed by atoms with Gasteiger partial charge in [-0.2, -0.15) is 0 Å². The van der Waals surface area contributed by atoms with Crippen molar-refractivity contribution in [3.8, 4) is 0 Å². The Balaban J connectivity index is 2.54. The van der Waals surface area contributed by atoms with Crippen LogP contribution in [0.1, 0.15) is 24.2 Å². The zero-order valence-electron chi connectivity index (χ0n) is 13.4. The summed E-state index contributed by atoms with van der Waals surface area (Å²) in [4.78, 5) is 11.9. The summed E-state index contributed by atoms with van der Waals surface area (Å²) in [5.41, 5.74) is 0.486. The van der Waals surface area contributed by atoms with E-state index in [0.29, 0.717) is 12.2 Å². The Morgan fingerprint density at radius 1 is 1.22 bits per heavy atom. The number of sulfonamides is 1. The first-order chi connectivity index (χ1) is 10.9. The maximum atomic E-state index is 11.9. The number of rotatable bonds is 10. The van der Waals surface area contributed by atoms with Gasteiger partial charge in [0, 0.05) is 25.3 Å². The Morgan fingerprint density at radius 3 is 2.43 bits per heavy atom. The molecule has 0 saturated heterocycles. The van der Waals surface area contributed by atoms with E-state index in [1.165, 1.54) is 6.92 Å². The van der Waals surface area contributed by atoms with Gasteiger partial charge >= 0.3 is 0 Å². The van der Waals surface area contributed by atoms with Gasteiger partial charge in [-0.15, -0.1) is 0 Å². The smallest absolute Gasteiger partial charge is 0.251 e. The third kappa shape index (κ3) is 7.08. The molecule has 0 bridgehead atoms. The molecule has 0 saturated carbocycles. The van der Waals surface area contributed by atoms with E-state index >= 15 is 0 Å². The number of hydrogen-bond donors (Lipinski definition) is 3. The van der Waals surface area contributed by atoms with E-state index in [9.17, 15) is 18.3 Å². The van der Waals surface area contributed by atoms with Crippen LogP contribution in [0, 0.1) is 0 Å². The van der Waals surface area contributed by atoms with Gasteiger partial charge in [0.25, 0.3) is 5.91 Å². The second kappa shape index (κ2) is 9.61. The lowest BCUT2D eigenvalue weighted by atomic mass is 10.2. The molecule has 0 fully saturated rings. The van der Waals surface area contributed by atoms with E-state index in [1.807, 2.05) is 0 Å². The molecule has 0 spiro atoms. The van der Waals surface area contributed by atoms with Gasteiger partial charge in [-0.25, -0.2) is 13.1 Å². The first-order valence-corrected chi connectivity index (χ1v) is 9.15. The monoisotopic (exact) mass is 344 g/mol. The van der Waals surface area contributed by atoms with Crippen LogP contribution in [0.2, 0.25) is 0 Å². The zero-order chi connectivity index (χ0) is 17.3. The number of aliphatic hydroxyl groups excluding tert-OH is 1. The molecule has 130 valence electrons. The van der Waals surface area contributed by atoms with Crippen LogP contribution in [-0.2, 0) is 14.8 Å². The molecule has 0 unspecified atom stereocenters. The molecule has 1 aromatic rings. The molecule has 0 heterocycles. The Labute approximate surface area is 137 Å². The zero-order valence-corrected chi connectivity index (χ0v) is 14.2. The molecule has 0 aliphatic rings. The topological polar surface area (TPSA) is 105 Å². The van der Waals surface area contributed by atoms with E-state index in [0.717, 1.165) is 0 Å². The molecule has 3 N–H and O–H groups in total. The molecule has 0 radical (unpaired) electrons. The van der Waals surface area contributed by atoms with Crippen LogP contribution in [0.4, 0.5) is 0 Å². The van der Waals surface area contributed by atoms with Crippen LogP contribution in [0.3, 0.4) is 0 Å². The highest BCUT2D eigenvalue weighted by molar-refractivity contribution is 7.89. The van der Waals surface area contributed by atoms with E-state index < -0.39 is 22.2 Å². The third-order valence-electron chi connectivity index (χ3n) is 3.20. The van der Waals surface area contributed by atoms with Gasteiger partial charge in [0.15, 0.2) is 0 Å². The van der Waals surface area contributed by atoms with Crippen molar-refractivity contribution < 1.29 is 23.1 Å². The van der Waals surface area contributed by atoms with Crippen molar-refractivity contribution in [1.29, 1.82) is 0 Å². The Morgan fingerprint density at radius 2 is 1.87 bits per heavy atom. The Kier molecular flexibility index (Phi) is 8.18. The number of hydrogen-bond acceptors (Lipinski definition) is 5. The van der Waals surface area contributed by atoms with Crippen LogP contribution in [0.5, 0.6) is 0 Å². The van der Waals surface area contributed by atoms with E-state index in [4.69, 9.17) is 4.74 Å². The van der Waals surface area contributed by atoms with Gasteiger partial charge in [-0.3, -0.25) is 4.79 Å². The summed E-state index contributed by atoms with van der Waals surface area (Å²) in [6.07, 6.45) is -1.76. The standard InChI is InChI=1S/C15H24N2O5S/c1-3-22-14(11-17-23(20,21)4-2)13(18)10-16-15(19)12-8-6-5-7-9-12/h5-9,13-14,17-18H,3-4,10-11H2,1-2H3,(H,16,19)/t13-,14+/m0/s1. The van der Waals surface area contributed by atoms with Crippen molar-refractivity contribution in [2.24, 2.45) is 0 Å². The van der Waals surface area contributed by atoms with Crippen molar-refractivity contribution in [3.63, 3.8) is 0 Å². The Hall–Kier alpha value is -1.48. The average Bonchev–Trinajstić information content (AvgIpc) is 2.57. The van der Waals surface area contributed by atoms with Crippen LogP contribution in [-0.4, -0.2) is 57.1 Å². The maximum absolute atomic E-state index is 11.9. The van der Waals surface area contributed by atoms with Gasteiger partial charge < -0.3 is 15.2 Å². The van der Waals surface area contributed by atoms with E-state index in [2.05, 4.69) is 10.0 Å².